The fourth-order valence-electron chi connectivity index (χ4n) is 9.91. The number of aliphatic hydroxyl groups is 1. The van der Waals surface area contributed by atoms with Gasteiger partial charge in [-0.05, 0) is 81.8 Å². The molecule has 0 bridgehead atoms. The highest BCUT2D eigenvalue weighted by molar-refractivity contribution is 5.89. The Kier molecular flexibility index (Phi) is 6.54. The number of ether oxygens (including phenoxy) is 3. The van der Waals surface area contributed by atoms with Gasteiger partial charge in [-0.15, -0.1) is 0 Å². The third kappa shape index (κ3) is 3.58. The van der Waals surface area contributed by atoms with Crippen LogP contribution in [0.5, 0.6) is 0 Å². The summed E-state index contributed by atoms with van der Waals surface area (Å²) in [6.07, 6.45) is 3.98. The van der Waals surface area contributed by atoms with Crippen LogP contribution in [0.2, 0.25) is 0 Å². The largest absolute Gasteiger partial charge is 0.458 e. The van der Waals surface area contributed by atoms with Crippen LogP contribution in [0.3, 0.4) is 0 Å². The van der Waals surface area contributed by atoms with E-state index in [9.17, 15) is 19.5 Å². The molecule has 5 aliphatic rings. The summed E-state index contributed by atoms with van der Waals surface area (Å²) in [6, 6.07) is 8.88. The Morgan fingerprint density at radius 1 is 1.05 bits per heavy atom. The predicted octanol–water partition coefficient (Wildman–Crippen LogP) is 5.27. The maximum Gasteiger partial charge on any atom is 0.338 e. The summed E-state index contributed by atoms with van der Waals surface area (Å²) in [5.74, 6) is -1.37. The fraction of sp³-hybridized carbons (Fsp3) is 0.727. The zero-order chi connectivity index (χ0) is 28.7. The first-order valence-corrected chi connectivity index (χ1v) is 15.3. The van der Waals surface area contributed by atoms with Gasteiger partial charge in [0.15, 0.2) is 0 Å². The Balaban J connectivity index is 1.51. The minimum absolute atomic E-state index is 0.0527. The molecule has 0 aromatic heterocycles. The molecule has 1 N–H and O–H groups in total. The maximum atomic E-state index is 13.7. The van der Waals surface area contributed by atoms with Crippen molar-refractivity contribution < 1.29 is 33.7 Å². The lowest BCUT2D eigenvalue weighted by molar-refractivity contribution is -0.217. The molecule has 7 nitrogen and oxygen atoms in total. The van der Waals surface area contributed by atoms with E-state index in [2.05, 4.69) is 6.92 Å². The van der Waals surface area contributed by atoms with Crippen molar-refractivity contribution in [1.29, 1.82) is 0 Å². The lowest BCUT2D eigenvalue weighted by atomic mass is 9.43. The van der Waals surface area contributed by atoms with Crippen molar-refractivity contribution in [3.8, 4) is 0 Å². The van der Waals surface area contributed by atoms with E-state index in [0.29, 0.717) is 31.2 Å². The molecule has 2 spiro atoms. The SMILES string of the molecule is CC[C@@H](C)C(=O)O[C@@H]1[C@@H](OC(=O)c2ccccc2)[C@]2(C)[C@H](C(C)=O)CC[C@@]23O[C@]32CC[C@H]3C[C@@H](O)CC[C@]3(C)[C@@H]12. The van der Waals surface area contributed by atoms with Gasteiger partial charge in [0, 0.05) is 17.3 Å². The summed E-state index contributed by atoms with van der Waals surface area (Å²) in [4.78, 5) is 40.5. The average Bonchev–Trinajstić information content (AvgIpc) is 3.48. The summed E-state index contributed by atoms with van der Waals surface area (Å²) in [6.45, 7) is 9.75. The number of hydrogen-bond acceptors (Lipinski definition) is 7. The van der Waals surface area contributed by atoms with Crippen LogP contribution >= 0.6 is 0 Å². The third-order valence-electron chi connectivity index (χ3n) is 12.2. The van der Waals surface area contributed by atoms with Crippen LogP contribution in [0.4, 0.5) is 0 Å². The number of rotatable bonds is 6. The van der Waals surface area contributed by atoms with E-state index in [1.165, 1.54) is 0 Å². The number of carbonyl (C=O) groups is 3. The molecule has 1 aromatic rings. The quantitative estimate of drug-likeness (QED) is 0.379. The lowest BCUT2D eigenvalue weighted by Crippen LogP contribution is -2.70. The standard InChI is InChI=1S/C33H44O7/c1-6-19(2)28(36)38-25-26-30(4)15-13-23(35)18-22(30)12-16-32(26)33(40-32)17-14-24(20(3)34)31(33,5)27(25)39-29(37)21-10-8-7-9-11-21/h7-11,19,22-27,35H,6,12-18H2,1-5H3/t19-,22+,23+,24+,25+,26-,27-,30+,31+,32+,33-/m1/s1. The van der Waals surface area contributed by atoms with Gasteiger partial charge in [0.2, 0.25) is 0 Å². The van der Waals surface area contributed by atoms with Gasteiger partial charge in [-0.1, -0.05) is 45.9 Å². The molecule has 218 valence electrons. The zero-order valence-corrected chi connectivity index (χ0v) is 24.5. The highest BCUT2D eigenvalue weighted by Crippen LogP contribution is 2.81. The fourth-order valence-corrected chi connectivity index (χ4v) is 9.91. The number of esters is 2. The molecule has 1 aromatic carbocycles. The van der Waals surface area contributed by atoms with Crippen LogP contribution in [-0.4, -0.2) is 52.3 Å². The minimum Gasteiger partial charge on any atom is -0.458 e. The molecule has 1 heterocycles. The molecule has 5 fully saturated rings. The molecule has 4 saturated carbocycles. The van der Waals surface area contributed by atoms with Crippen LogP contribution in [0.25, 0.3) is 0 Å². The summed E-state index contributed by atoms with van der Waals surface area (Å²) in [7, 11) is 0. The summed E-state index contributed by atoms with van der Waals surface area (Å²) in [5.41, 5.74) is -1.85. The van der Waals surface area contributed by atoms with Crippen LogP contribution < -0.4 is 0 Å². The van der Waals surface area contributed by atoms with Crippen molar-refractivity contribution in [2.75, 3.05) is 0 Å². The van der Waals surface area contributed by atoms with Crippen LogP contribution in [0.15, 0.2) is 30.3 Å². The monoisotopic (exact) mass is 552 g/mol. The van der Waals surface area contributed by atoms with E-state index in [-0.39, 0.29) is 46.9 Å². The number of fused-ring (bicyclic) bond motifs is 2. The number of carbonyl (C=O) groups excluding carboxylic acids is 3. The summed E-state index contributed by atoms with van der Waals surface area (Å²) < 4.78 is 20.0. The number of benzene rings is 1. The van der Waals surface area contributed by atoms with E-state index in [0.717, 1.165) is 25.7 Å². The molecule has 11 atom stereocenters. The second-order valence-electron chi connectivity index (χ2n) is 13.9. The van der Waals surface area contributed by atoms with E-state index >= 15 is 0 Å². The molecule has 1 aliphatic heterocycles. The molecule has 6 rings (SSSR count). The first kappa shape index (κ1) is 27.9. The molecule has 0 radical (unpaired) electrons. The van der Waals surface area contributed by atoms with Gasteiger partial charge >= 0.3 is 11.9 Å². The topological polar surface area (TPSA) is 102 Å². The third-order valence-corrected chi connectivity index (χ3v) is 12.2. The summed E-state index contributed by atoms with van der Waals surface area (Å²) in [5, 5.41) is 10.6. The molecule has 7 heteroatoms. The number of aliphatic hydroxyl groups excluding tert-OH is 1. The van der Waals surface area contributed by atoms with E-state index in [1.54, 1.807) is 31.2 Å². The molecule has 1 saturated heterocycles. The van der Waals surface area contributed by atoms with Crippen molar-refractivity contribution in [1.82, 2.24) is 0 Å². The number of epoxide rings is 1. The highest BCUT2D eigenvalue weighted by atomic mass is 16.7. The lowest BCUT2D eigenvalue weighted by Gasteiger charge is -2.61. The van der Waals surface area contributed by atoms with Gasteiger partial charge in [0.05, 0.1) is 17.6 Å². The first-order valence-electron chi connectivity index (χ1n) is 15.3. The van der Waals surface area contributed by atoms with E-state index < -0.39 is 34.8 Å². The zero-order valence-electron chi connectivity index (χ0n) is 24.5. The van der Waals surface area contributed by atoms with Gasteiger partial charge in [0.25, 0.3) is 0 Å². The van der Waals surface area contributed by atoms with Crippen LogP contribution in [-0.2, 0) is 23.8 Å². The Labute approximate surface area is 237 Å². The van der Waals surface area contributed by atoms with Gasteiger partial charge in [-0.2, -0.15) is 0 Å². The van der Waals surface area contributed by atoms with Crippen molar-refractivity contribution in [2.24, 2.45) is 34.5 Å². The number of Topliss-reactive ketones (excluding diaryl/α,β-unsaturated/α-hetero) is 1. The van der Waals surface area contributed by atoms with Crippen molar-refractivity contribution in [3.63, 3.8) is 0 Å². The second kappa shape index (κ2) is 9.38. The minimum atomic E-state index is -0.840. The predicted molar refractivity (Wildman–Crippen MR) is 147 cm³/mol. The second-order valence-corrected chi connectivity index (χ2v) is 13.9. The maximum absolute atomic E-state index is 13.7. The molecular formula is C33H44O7. The van der Waals surface area contributed by atoms with Gasteiger partial charge in [-0.3, -0.25) is 9.59 Å². The average molecular weight is 553 g/mol. The molecule has 0 amide bonds. The first-order chi connectivity index (χ1) is 18.9. The molecule has 40 heavy (non-hydrogen) atoms. The molecule has 0 unspecified atom stereocenters. The number of hydrogen-bond donors (Lipinski definition) is 1. The normalized spacial score (nSPS) is 45.6. The Morgan fingerprint density at radius 2 is 1.77 bits per heavy atom. The summed E-state index contributed by atoms with van der Waals surface area (Å²) >= 11 is 0. The molecular weight excluding hydrogens is 508 g/mol. The van der Waals surface area contributed by atoms with E-state index in [1.807, 2.05) is 26.8 Å². The van der Waals surface area contributed by atoms with Gasteiger partial charge < -0.3 is 19.3 Å². The Bertz CT molecular complexity index is 1200. The van der Waals surface area contributed by atoms with Gasteiger partial charge in [-0.25, -0.2) is 4.79 Å². The Hall–Kier alpha value is -2.25. The molecule has 4 aliphatic carbocycles. The van der Waals surface area contributed by atoms with Crippen molar-refractivity contribution in [3.05, 3.63) is 35.9 Å². The van der Waals surface area contributed by atoms with Crippen LogP contribution in [0, 0.1) is 34.5 Å². The Morgan fingerprint density at radius 3 is 2.45 bits per heavy atom. The number of ketones is 1. The van der Waals surface area contributed by atoms with Crippen molar-refractivity contribution >= 4 is 17.7 Å². The van der Waals surface area contributed by atoms with Crippen LogP contribution in [0.1, 0.15) is 96.3 Å². The smallest absolute Gasteiger partial charge is 0.338 e. The van der Waals surface area contributed by atoms with Gasteiger partial charge in [0.1, 0.15) is 29.2 Å². The highest BCUT2D eigenvalue weighted by Gasteiger charge is 2.91. The van der Waals surface area contributed by atoms with Crippen molar-refractivity contribution in [2.45, 2.75) is 115 Å². The van der Waals surface area contributed by atoms with E-state index in [4.69, 9.17) is 14.2 Å².